The molecule has 0 aliphatic rings. The van der Waals surface area contributed by atoms with Gasteiger partial charge in [-0.2, -0.15) is 0 Å². The van der Waals surface area contributed by atoms with Crippen LogP contribution in [0.2, 0.25) is 5.02 Å². The van der Waals surface area contributed by atoms with Gasteiger partial charge in [-0.15, -0.1) is 0 Å². The smallest absolute Gasteiger partial charge is 0.0410 e. The maximum Gasteiger partial charge on any atom is 0.0410 e. The van der Waals surface area contributed by atoms with Gasteiger partial charge in [0.15, 0.2) is 0 Å². The highest BCUT2D eigenvalue weighted by molar-refractivity contribution is 6.30. The van der Waals surface area contributed by atoms with Crippen LogP contribution in [0.25, 0.3) is 0 Å². The summed E-state index contributed by atoms with van der Waals surface area (Å²) in [7, 11) is 0. The van der Waals surface area contributed by atoms with E-state index >= 15 is 0 Å². The predicted molar refractivity (Wildman–Crippen MR) is 45.2 cm³/mol. The Hall–Kier alpha value is -0.690. The van der Waals surface area contributed by atoms with Crippen LogP contribution in [-0.4, -0.2) is 0 Å². The highest BCUT2D eigenvalue weighted by atomic mass is 35.5. The van der Waals surface area contributed by atoms with E-state index in [2.05, 4.69) is 6.92 Å². The molecule has 2 heteroatoms. The fourth-order valence-corrected chi connectivity index (χ4v) is 1.08. The molecule has 0 aliphatic carbocycles. The highest BCUT2D eigenvalue weighted by Crippen LogP contribution is 2.17. The monoisotopic (exact) mass is 155 g/mol. The van der Waals surface area contributed by atoms with Crippen molar-refractivity contribution in [2.75, 3.05) is 5.73 Å². The molecule has 0 saturated heterocycles. The van der Waals surface area contributed by atoms with Gasteiger partial charge in [0.05, 0.1) is 0 Å². The van der Waals surface area contributed by atoms with Crippen molar-refractivity contribution in [3.63, 3.8) is 0 Å². The molecule has 0 amide bonds. The van der Waals surface area contributed by atoms with E-state index in [-0.39, 0.29) is 0 Å². The first kappa shape index (κ1) is 7.42. The average molecular weight is 156 g/mol. The van der Waals surface area contributed by atoms with Gasteiger partial charge in [-0.25, -0.2) is 0 Å². The fraction of sp³-hybridized carbons (Fsp3) is 0.250. The molecule has 0 fully saturated rings. The molecular formula is C8H10ClN. The number of halogens is 1. The minimum Gasteiger partial charge on any atom is -0.399 e. The van der Waals surface area contributed by atoms with Crippen molar-refractivity contribution < 1.29 is 0 Å². The van der Waals surface area contributed by atoms with E-state index in [9.17, 15) is 0 Å². The fourth-order valence-electron chi connectivity index (χ4n) is 0.881. The van der Waals surface area contributed by atoms with Crippen LogP contribution in [-0.2, 0) is 6.42 Å². The molecule has 0 atom stereocenters. The van der Waals surface area contributed by atoms with Crippen LogP contribution >= 0.6 is 11.6 Å². The zero-order valence-corrected chi connectivity index (χ0v) is 6.65. The molecule has 0 aromatic heterocycles. The molecule has 0 saturated carbocycles. The largest absolute Gasteiger partial charge is 0.399 e. The molecule has 1 nitrogen and oxygen atoms in total. The molecule has 10 heavy (non-hydrogen) atoms. The Kier molecular flexibility index (Phi) is 2.17. The number of anilines is 1. The summed E-state index contributed by atoms with van der Waals surface area (Å²) in [5.74, 6) is 0. The Morgan fingerprint density at radius 1 is 1.50 bits per heavy atom. The summed E-state index contributed by atoms with van der Waals surface area (Å²) in [5.41, 5.74) is 7.59. The minimum absolute atomic E-state index is 0.756. The maximum absolute atomic E-state index is 5.74. The maximum atomic E-state index is 5.74. The lowest BCUT2D eigenvalue weighted by molar-refractivity contribution is 1.14. The van der Waals surface area contributed by atoms with E-state index in [1.807, 2.05) is 12.1 Å². The lowest BCUT2D eigenvalue weighted by Crippen LogP contribution is -1.91. The van der Waals surface area contributed by atoms with Gasteiger partial charge in [-0.05, 0) is 30.2 Å². The van der Waals surface area contributed by atoms with Crippen molar-refractivity contribution in [2.24, 2.45) is 0 Å². The summed E-state index contributed by atoms with van der Waals surface area (Å²) in [6, 6.07) is 5.54. The SMILES string of the molecule is CCc1cc(Cl)ccc1N. The number of aryl methyl sites for hydroxylation is 1. The molecule has 0 aliphatic heterocycles. The molecule has 0 heterocycles. The summed E-state index contributed by atoms with van der Waals surface area (Å²) < 4.78 is 0. The molecular weight excluding hydrogens is 146 g/mol. The molecule has 0 unspecified atom stereocenters. The van der Waals surface area contributed by atoms with E-state index in [4.69, 9.17) is 17.3 Å². The van der Waals surface area contributed by atoms with Crippen LogP contribution in [0.4, 0.5) is 5.69 Å². The molecule has 2 N–H and O–H groups in total. The van der Waals surface area contributed by atoms with Crippen molar-refractivity contribution in [1.29, 1.82) is 0 Å². The second-order valence-corrected chi connectivity index (χ2v) is 2.63. The third-order valence-corrected chi connectivity index (χ3v) is 1.72. The van der Waals surface area contributed by atoms with Crippen molar-refractivity contribution in [2.45, 2.75) is 13.3 Å². The summed E-state index contributed by atoms with van der Waals surface area (Å²) in [4.78, 5) is 0. The molecule has 1 aromatic carbocycles. The first-order valence-electron chi connectivity index (χ1n) is 3.28. The Morgan fingerprint density at radius 3 is 2.70 bits per heavy atom. The predicted octanol–water partition coefficient (Wildman–Crippen LogP) is 2.48. The van der Waals surface area contributed by atoms with Gasteiger partial charge in [0.1, 0.15) is 0 Å². The average Bonchev–Trinajstić information content (AvgIpc) is 1.94. The van der Waals surface area contributed by atoms with Crippen molar-refractivity contribution in [3.05, 3.63) is 28.8 Å². The van der Waals surface area contributed by atoms with Crippen LogP contribution in [0, 0.1) is 0 Å². The molecule has 0 spiro atoms. The van der Waals surface area contributed by atoms with Gasteiger partial charge in [0.2, 0.25) is 0 Å². The molecule has 54 valence electrons. The van der Waals surface area contributed by atoms with Gasteiger partial charge >= 0.3 is 0 Å². The normalized spacial score (nSPS) is 9.80. The lowest BCUT2D eigenvalue weighted by Gasteiger charge is -2.01. The molecule has 0 radical (unpaired) electrons. The number of benzene rings is 1. The van der Waals surface area contributed by atoms with Gasteiger partial charge in [-0.3, -0.25) is 0 Å². The third-order valence-electron chi connectivity index (χ3n) is 1.49. The summed E-state index contributed by atoms with van der Waals surface area (Å²) in [6.45, 7) is 2.06. The van der Waals surface area contributed by atoms with E-state index < -0.39 is 0 Å². The minimum atomic E-state index is 0.756. The van der Waals surface area contributed by atoms with Crippen LogP contribution < -0.4 is 5.73 Å². The zero-order valence-electron chi connectivity index (χ0n) is 5.89. The van der Waals surface area contributed by atoms with Crippen LogP contribution in [0.1, 0.15) is 12.5 Å². The molecule has 0 bridgehead atoms. The van der Waals surface area contributed by atoms with Gasteiger partial charge in [0.25, 0.3) is 0 Å². The first-order valence-corrected chi connectivity index (χ1v) is 3.65. The second kappa shape index (κ2) is 2.93. The van der Waals surface area contributed by atoms with Crippen LogP contribution in [0.15, 0.2) is 18.2 Å². The standard InChI is InChI=1S/C8H10ClN/c1-2-6-5-7(9)3-4-8(6)10/h3-5H,2,10H2,1H3. The zero-order chi connectivity index (χ0) is 7.56. The quantitative estimate of drug-likeness (QED) is 0.620. The Bertz CT molecular complexity index is 233. The van der Waals surface area contributed by atoms with Gasteiger partial charge < -0.3 is 5.73 Å². The highest BCUT2D eigenvalue weighted by Gasteiger charge is 1.95. The van der Waals surface area contributed by atoms with Gasteiger partial charge in [0, 0.05) is 10.7 Å². The van der Waals surface area contributed by atoms with Crippen LogP contribution in [0.5, 0.6) is 0 Å². The number of hydrogen-bond acceptors (Lipinski definition) is 1. The van der Waals surface area contributed by atoms with E-state index in [1.54, 1.807) is 6.07 Å². The summed E-state index contributed by atoms with van der Waals surface area (Å²) >= 11 is 5.74. The molecule has 1 aromatic rings. The number of nitrogens with two attached hydrogens (primary N) is 1. The second-order valence-electron chi connectivity index (χ2n) is 2.20. The van der Waals surface area contributed by atoms with Crippen molar-refractivity contribution >= 4 is 17.3 Å². The number of nitrogen functional groups attached to an aromatic ring is 1. The number of hydrogen-bond donors (Lipinski definition) is 1. The van der Waals surface area contributed by atoms with E-state index in [0.29, 0.717) is 0 Å². The summed E-state index contributed by atoms with van der Waals surface area (Å²) in [5, 5.41) is 0.756. The Morgan fingerprint density at radius 2 is 2.20 bits per heavy atom. The molecule has 1 rings (SSSR count). The summed E-state index contributed by atoms with van der Waals surface area (Å²) in [6.07, 6.45) is 0.937. The lowest BCUT2D eigenvalue weighted by atomic mass is 10.1. The van der Waals surface area contributed by atoms with E-state index in [0.717, 1.165) is 22.7 Å². The Labute approximate surface area is 65.8 Å². The van der Waals surface area contributed by atoms with Gasteiger partial charge in [-0.1, -0.05) is 18.5 Å². The van der Waals surface area contributed by atoms with Crippen molar-refractivity contribution in [1.82, 2.24) is 0 Å². The Balaban J connectivity index is 3.09. The van der Waals surface area contributed by atoms with E-state index in [1.165, 1.54) is 0 Å². The topological polar surface area (TPSA) is 26.0 Å². The first-order chi connectivity index (χ1) is 4.74. The number of rotatable bonds is 1. The third kappa shape index (κ3) is 1.42. The van der Waals surface area contributed by atoms with Crippen molar-refractivity contribution in [3.8, 4) is 0 Å². The van der Waals surface area contributed by atoms with Crippen LogP contribution in [0.3, 0.4) is 0 Å².